The summed E-state index contributed by atoms with van der Waals surface area (Å²) in [5.41, 5.74) is 0.243. The van der Waals surface area contributed by atoms with Crippen molar-refractivity contribution in [2.75, 3.05) is 20.2 Å². The predicted molar refractivity (Wildman–Crippen MR) is 84.7 cm³/mol. The lowest BCUT2D eigenvalue weighted by Crippen LogP contribution is -2.35. The summed E-state index contributed by atoms with van der Waals surface area (Å²) in [7, 11) is 1.56. The summed E-state index contributed by atoms with van der Waals surface area (Å²) in [4.78, 5) is 25.3. The molecule has 0 radical (unpaired) electrons. The molecule has 1 aromatic rings. The van der Waals surface area contributed by atoms with E-state index < -0.39 is 23.6 Å². The zero-order chi connectivity index (χ0) is 17.2. The normalized spacial score (nSPS) is 21.1. The number of methoxy groups -OCH3 is 1. The number of amides is 1. The molecular weight excluding hydrogens is 298 g/mol. The number of hydrogen-bond acceptors (Lipinski definition) is 4. The maximum atomic E-state index is 12.2. The summed E-state index contributed by atoms with van der Waals surface area (Å²) in [5.74, 6) is -1.18. The molecule has 1 amide bonds. The smallest absolute Gasteiger partial charge is 0.410 e. The zero-order valence-corrected chi connectivity index (χ0v) is 13.9. The maximum absolute atomic E-state index is 12.2. The van der Waals surface area contributed by atoms with E-state index in [4.69, 9.17) is 9.47 Å². The van der Waals surface area contributed by atoms with Crippen LogP contribution in [0.1, 0.15) is 32.3 Å². The first kappa shape index (κ1) is 17.1. The lowest BCUT2D eigenvalue weighted by atomic mass is 9.89. The number of carboxylic acids is 1. The lowest BCUT2D eigenvalue weighted by Gasteiger charge is -2.24. The summed E-state index contributed by atoms with van der Waals surface area (Å²) < 4.78 is 10.5. The van der Waals surface area contributed by atoms with E-state index in [1.807, 2.05) is 18.2 Å². The Morgan fingerprint density at radius 1 is 1.26 bits per heavy atom. The van der Waals surface area contributed by atoms with Gasteiger partial charge in [0.1, 0.15) is 11.4 Å². The highest BCUT2D eigenvalue weighted by Gasteiger charge is 2.41. The fourth-order valence-corrected chi connectivity index (χ4v) is 2.74. The number of carbonyl (C=O) groups is 2. The summed E-state index contributed by atoms with van der Waals surface area (Å²) in [5, 5.41) is 9.49. The van der Waals surface area contributed by atoms with Crippen LogP contribution < -0.4 is 4.74 Å². The maximum Gasteiger partial charge on any atom is 0.410 e. The quantitative estimate of drug-likeness (QED) is 0.926. The van der Waals surface area contributed by atoms with E-state index in [1.165, 1.54) is 4.90 Å². The number of carbonyl (C=O) groups excluding carboxylic acids is 1. The Labute approximate surface area is 136 Å². The number of nitrogens with zero attached hydrogens (tertiary/aromatic N) is 1. The van der Waals surface area contributed by atoms with Crippen LogP contribution in [0.2, 0.25) is 0 Å². The van der Waals surface area contributed by atoms with Crippen LogP contribution in [-0.2, 0) is 9.53 Å². The molecule has 1 aliphatic heterocycles. The Hall–Kier alpha value is -2.24. The fourth-order valence-electron chi connectivity index (χ4n) is 2.74. The second-order valence-electron chi connectivity index (χ2n) is 6.71. The summed E-state index contributed by atoms with van der Waals surface area (Å²) in [6, 6.07) is 7.31. The highest BCUT2D eigenvalue weighted by atomic mass is 16.6. The van der Waals surface area contributed by atoms with Gasteiger partial charge in [-0.15, -0.1) is 0 Å². The van der Waals surface area contributed by atoms with Crippen molar-refractivity contribution in [3.63, 3.8) is 0 Å². The topological polar surface area (TPSA) is 76.1 Å². The highest BCUT2D eigenvalue weighted by molar-refractivity contribution is 5.76. The van der Waals surface area contributed by atoms with E-state index in [9.17, 15) is 14.7 Å². The third-order valence-corrected chi connectivity index (χ3v) is 3.81. The number of likely N-dealkylation sites (tertiary alicyclic amines) is 1. The first-order valence-corrected chi connectivity index (χ1v) is 7.56. The summed E-state index contributed by atoms with van der Waals surface area (Å²) in [6.07, 6.45) is -0.478. The van der Waals surface area contributed by atoms with E-state index in [0.29, 0.717) is 12.3 Å². The van der Waals surface area contributed by atoms with Crippen LogP contribution in [0, 0.1) is 5.92 Å². The zero-order valence-electron chi connectivity index (χ0n) is 13.9. The molecule has 126 valence electrons. The Balaban J connectivity index is 2.21. The van der Waals surface area contributed by atoms with E-state index >= 15 is 0 Å². The van der Waals surface area contributed by atoms with Gasteiger partial charge in [-0.25, -0.2) is 4.79 Å². The molecule has 0 spiro atoms. The number of hydrogen-bond donors (Lipinski definition) is 1. The van der Waals surface area contributed by atoms with Crippen molar-refractivity contribution >= 4 is 12.1 Å². The van der Waals surface area contributed by atoms with Crippen molar-refractivity contribution in [1.29, 1.82) is 0 Å². The van der Waals surface area contributed by atoms with Crippen molar-refractivity contribution in [2.45, 2.75) is 32.3 Å². The molecule has 1 fully saturated rings. The molecule has 0 unspecified atom stereocenters. The van der Waals surface area contributed by atoms with E-state index in [-0.39, 0.29) is 12.5 Å². The number of carboxylic acid groups (broad SMARTS) is 1. The largest absolute Gasteiger partial charge is 0.497 e. The van der Waals surface area contributed by atoms with Gasteiger partial charge in [0, 0.05) is 19.0 Å². The first-order valence-electron chi connectivity index (χ1n) is 7.56. The average Bonchev–Trinajstić information content (AvgIpc) is 2.91. The van der Waals surface area contributed by atoms with E-state index in [2.05, 4.69) is 0 Å². The van der Waals surface area contributed by atoms with Crippen molar-refractivity contribution < 1.29 is 24.2 Å². The standard InChI is InChI=1S/C17H23NO5/c1-17(2,3)23-16(21)18-9-13(14(10-18)15(19)20)11-6-5-7-12(8-11)22-4/h5-8,13-14H,9-10H2,1-4H3,(H,19,20)/t13-,14-/m0/s1. The first-order chi connectivity index (χ1) is 10.7. The Bertz CT molecular complexity index is 593. The van der Waals surface area contributed by atoms with Crippen LogP contribution in [0.5, 0.6) is 5.75 Å². The van der Waals surface area contributed by atoms with E-state index in [1.54, 1.807) is 33.9 Å². The molecule has 2 atom stereocenters. The van der Waals surface area contributed by atoms with Gasteiger partial charge >= 0.3 is 12.1 Å². The van der Waals surface area contributed by atoms with Gasteiger partial charge in [0.15, 0.2) is 0 Å². The van der Waals surface area contributed by atoms with Crippen LogP contribution >= 0.6 is 0 Å². The number of aliphatic carboxylic acids is 1. The van der Waals surface area contributed by atoms with Gasteiger partial charge in [0.2, 0.25) is 0 Å². The lowest BCUT2D eigenvalue weighted by molar-refractivity contribution is -0.141. The second kappa shape index (κ2) is 6.48. The van der Waals surface area contributed by atoms with Gasteiger partial charge in [0.05, 0.1) is 13.0 Å². The second-order valence-corrected chi connectivity index (χ2v) is 6.71. The van der Waals surface area contributed by atoms with E-state index in [0.717, 1.165) is 5.56 Å². The van der Waals surface area contributed by atoms with Crippen LogP contribution in [0.4, 0.5) is 4.79 Å². The monoisotopic (exact) mass is 321 g/mol. The van der Waals surface area contributed by atoms with Gasteiger partial charge in [-0.3, -0.25) is 4.79 Å². The minimum absolute atomic E-state index is 0.145. The van der Waals surface area contributed by atoms with Crippen molar-refractivity contribution in [3.05, 3.63) is 29.8 Å². The average molecular weight is 321 g/mol. The highest BCUT2D eigenvalue weighted by Crippen LogP contribution is 2.35. The Kier molecular flexibility index (Phi) is 4.82. The Morgan fingerprint density at radius 3 is 2.52 bits per heavy atom. The molecule has 1 heterocycles. The molecule has 1 saturated heterocycles. The Morgan fingerprint density at radius 2 is 1.96 bits per heavy atom. The SMILES string of the molecule is COc1cccc([C@@H]2CN(C(=O)OC(C)(C)C)C[C@@H]2C(=O)O)c1. The third-order valence-electron chi connectivity index (χ3n) is 3.81. The molecule has 2 rings (SSSR count). The molecule has 23 heavy (non-hydrogen) atoms. The molecule has 0 aliphatic carbocycles. The molecule has 1 aromatic carbocycles. The molecule has 0 saturated carbocycles. The number of rotatable bonds is 3. The number of ether oxygens (including phenoxy) is 2. The summed E-state index contributed by atoms with van der Waals surface area (Å²) >= 11 is 0. The van der Waals surface area contributed by atoms with Crippen molar-refractivity contribution in [3.8, 4) is 5.75 Å². The molecule has 1 N–H and O–H groups in total. The van der Waals surface area contributed by atoms with Gasteiger partial charge in [0.25, 0.3) is 0 Å². The molecule has 0 bridgehead atoms. The third kappa shape index (κ3) is 4.15. The molecule has 6 nitrogen and oxygen atoms in total. The molecule has 1 aliphatic rings. The minimum atomic E-state index is -0.913. The van der Waals surface area contributed by atoms with Crippen molar-refractivity contribution in [1.82, 2.24) is 4.90 Å². The summed E-state index contributed by atoms with van der Waals surface area (Å²) in [6.45, 7) is 5.82. The van der Waals surface area contributed by atoms with Gasteiger partial charge in [-0.1, -0.05) is 12.1 Å². The van der Waals surface area contributed by atoms with Gasteiger partial charge in [-0.05, 0) is 38.5 Å². The van der Waals surface area contributed by atoms with Crippen LogP contribution in [-0.4, -0.2) is 47.9 Å². The van der Waals surface area contributed by atoms with Crippen LogP contribution in [0.25, 0.3) is 0 Å². The minimum Gasteiger partial charge on any atom is -0.497 e. The molecular formula is C17H23NO5. The molecule has 0 aromatic heterocycles. The van der Waals surface area contributed by atoms with Gasteiger partial charge < -0.3 is 19.5 Å². The predicted octanol–water partition coefficient (Wildman–Crippen LogP) is 2.73. The fraction of sp³-hybridized carbons (Fsp3) is 0.529. The van der Waals surface area contributed by atoms with Crippen molar-refractivity contribution in [2.24, 2.45) is 5.92 Å². The van der Waals surface area contributed by atoms with Crippen LogP contribution in [0.15, 0.2) is 24.3 Å². The van der Waals surface area contributed by atoms with Crippen LogP contribution in [0.3, 0.4) is 0 Å². The van der Waals surface area contributed by atoms with Gasteiger partial charge in [-0.2, -0.15) is 0 Å². The molecule has 6 heteroatoms. The number of benzene rings is 1.